The summed E-state index contributed by atoms with van der Waals surface area (Å²) in [5.74, 6) is -1.31. The Morgan fingerprint density at radius 2 is 2.07 bits per heavy atom. The zero-order valence-electron chi connectivity index (χ0n) is 8.41. The zero-order valence-corrected chi connectivity index (χ0v) is 9.23. The molecule has 0 radical (unpaired) electrons. The summed E-state index contributed by atoms with van der Waals surface area (Å²) in [6.45, 7) is 1.56. The number of ether oxygens (including phenoxy) is 1. The molecule has 15 heavy (non-hydrogen) atoms. The van der Waals surface area contributed by atoms with Gasteiger partial charge in [-0.2, -0.15) is 4.31 Å². The van der Waals surface area contributed by atoms with Crippen LogP contribution in [-0.2, 0) is 24.3 Å². The molecule has 0 aliphatic carbocycles. The van der Waals surface area contributed by atoms with Crippen LogP contribution in [-0.4, -0.2) is 48.8 Å². The summed E-state index contributed by atoms with van der Waals surface area (Å²) in [4.78, 5) is 20.3. The third-order valence-corrected chi connectivity index (χ3v) is 3.70. The van der Waals surface area contributed by atoms with Gasteiger partial charge >= 0.3 is 5.97 Å². The predicted molar refractivity (Wildman–Crippen MR) is 50.4 cm³/mol. The molecular weight excluding hydrogens is 226 g/mol. The van der Waals surface area contributed by atoms with Crippen molar-refractivity contribution in [2.45, 2.75) is 19.1 Å². The molecule has 0 saturated carbocycles. The van der Waals surface area contributed by atoms with Gasteiger partial charge in [0.2, 0.25) is 10.0 Å². The Kier molecular flexibility index (Phi) is 5.23. The lowest BCUT2D eigenvalue weighted by atomic mass is 10.6. The monoisotopic (exact) mass is 239 g/mol. The first kappa shape index (κ1) is 13.8. The molecule has 0 fully saturated rings. The van der Waals surface area contributed by atoms with Crippen molar-refractivity contribution in [3.8, 4) is 0 Å². The number of carboxylic acid groups (broad SMARTS) is 1. The summed E-state index contributed by atoms with van der Waals surface area (Å²) in [5.41, 5.74) is 0. The van der Waals surface area contributed by atoms with Gasteiger partial charge in [0.1, 0.15) is 6.54 Å². The molecule has 0 heterocycles. The predicted octanol–water partition coefficient (Wildman–Crippen LogP) is -0.758. The lowest BCUT2D eigenvalue weighted by Crippen LogP contribution is -2.41. The van der Waals surface area contributed by atoms with Crippen LogP contribution in [0.25, 0.3) is 0 Å². The van der Waals surface area contributed by atoms with E-state index in [1.165, 1.54) is 13.8 Å². The molecule has 0 rings (SSSR count). The standard InChI is InChI=1S/C7H13NO6S/c1-6(2)15(12,13)8(3-7(10)11)4-14-5-9/h5-6H,3-4H2,1-2H3,(H,10,11). The first-order chi connectivity index (χ1) is 6.82. The van der Waals surface area contributed by atoms with E-state index in [2.05, 4.69) is 4.74 Å². The van der Waals surface area contributed by atoms with Gasteiger partial charge in [-0.15, -0.1) is 0 Å². The van der Waals surface area contributed by atoms with Gasteiger partial charge in [-0.3, -0.25) is 9.59 Å². The Morgan fingerprint density at radius 1 is 1.53 bits per heavy atom. The van der Waals surface area contributed by atoms with Crippen LogP contribution in [0.15, 0.2) is 0 Å². The summed E-state index contributed by atoms with van der Waals surface area (Å²) in [6, 6.07) is 0. The van der Waals surface area contributed by atoms with Crippen molar-refractivity contribution in [2.24, 2.45) is 0 Å². The molecule has 0 aliphatic rings. The van der Waals surface area contributed by atoms with Crippen molar-refractivity contribution in [1.29, 1.82) is 0 Å². The Balaban J connectivity index is 4.76. The van der Waals surface area contributed by atoms with E-state index < -0.39 is 34.5 Å². The molecule has 0 aliphatic heterocycles. The van der Waals surface area contributed by atoms with Crippen LogP contribution in [0.2, 0.25) is 0 Å². The lowest BCUT2D eigenvalue weighted by Gasteiger charge is -2.20. The van der Waals surface area contributed by atoms with Gasteiger partial charge in [0.05, 0.1) is 5.25 Å². The first-order valence-corrected chi connectivity index (χ1v) is 5.58. The number of carbonyl (C=O) groups excluding carboxylic acids is 1. The molecular formula is C7H13NO6S. The SMILES string of the molecule is CC(C)S(=O)(=O)N(COC=O)CC(=O)O. The van der Waals surface area contributed by atoms with Crippen molar-refractivity contribution in [3.63, 3.8) is 0 Å². The van der Waals surface area contributed by atoms with E-state index >= 15 is 0 Å². The Morgan fingerprint density at radius 3 is 2.40 bits per heavy atom. The van der Waals surface area contributed by atoms with Crippen LogP contribution in [0, 0.1) is 0 Å². The maximum Gasteiger partial charge on any atom is 0.318 e. The third kappa shape index (κ3) is 4.26. The smallest absolute Gasteiger partial charge is 0.318 e. The summed E-state index contributed by atoms with van der Waals surface area (Å²) in [6.07, 6.45) is 0. The molecule has 0 aromatic rings. The van der Waals surface area contributed by atoms with E-state index in [1.807, 2.05) is 0 Å². The van der Waals surface area contributed by atoms with Crippen molar-refractivity contribution < 1.29 is 27.9 Å². The second kappa shape index (κ2) is 5.66. The molecule has 0 spiro atoms. The Hall–Kier alpha value is -1.15. The fourth-order valence-corrected chi connectivity index (χ4v) is 1.87. The maximum atomic E-state index is 11.5. The van der Waals surface area contributed by atoms with Gasteiger partial charge in [-0.05, 0) is 13.8 Å². The highest BCUT2D eigenvalue weighted by Crippen LogP contribution is 2.07. The Bertz CT molecular complexity index is 322. The molecule has 0 aromatic heterocycles. The number of hydrogen-bond donors (Lipinski definition) is 1. The van der Waals surface area contributed by atoms with Crippen LogP contribution in [0.5, 0.6) is 0 Å². The molecule has 0 saturated heterocycles. The fourth-order valence-electron chi connectivity index (χ4n) is 0.772. The largest absolute Gasteiger partial charge is 0.480 e. The lowest BCUT2D eigenvalue weighted by molar-refractivity contribution is -0.140. The first-order valence-electron chi connectivity index (χ1n) is 4.08. The minimum absolute atomic E-state index is 0.0602. The highest BCUT2D eigenvalue weighted by Gasteiger charge is 2.27. The minimum Gasteiger partial charge on any atom is -0.480 e. The van der Waals surface area contributed by atoms with Crippen molar-refractivity contribution in [2.75, 3.05) is 13.3 Å². The molecule has 0 atom stereocenters. The fraction of sp³-hybridized carbons (Fsp3) is 0.714. The number of carboxylic acids is 1. The van der Waals surface area contributed by atoms with Gasteiger partial charge in [0.25, 0.3) is 6.47 Å². The molecule has 0 aromatic carbocycles. The number of rotatable bonds is 7. The van der Waals surface area contributed by atoms with E-state index in [4.69, 9.17) is 5.11 Å². The van der Waals surface area contributed by atoms with E-state index in [-0.39, 0.29) is 6.47 Å². The summed E-state index contributed by atoms with van der Waals surface area (Å²) in [7, 11) is -3.74. The summed E-state index contributed by atoms with van der Waals surface area (Å²) in [5, 5.41) is 7.71. The summed E-state index contributed by atoms with van der Waals surface area (Å²) < 4.78 is 27.9. The van der Waals surface area contributed by atoms with Gasteiger partial charge in [-0.25, -0.2) is 8.42 Å². The van der Waals surface area contributed by atoms with Gasteiger partial charge < -0.3 is 9.84 Å². The average molecular weight is 239 g/mol. The molecule has 1 N–H and O–H groups in total. The quantitative estimate of drug-likeness (QED) is 0.463. The second-order valence-electron chi connectivity index (χ2n) is 2.99. The normalized spacial score (nSPS) is 11.7. The number of hydrogen-bond acceptors (Lipinski definition) is 5. The summed E-state index contributed by atoms with van der Waals surface area (Å²) >= 11 is 0. The van der Waals surface area contributed by atoms with E-state index in [9.17, 15) is 18.0 Å². The molecule has 0 unspecified atom stereocenters. The van der Waals surface area contributed by atoms with Crippen molar-refractivity contribution in [1.82, 2.24) is 4.31 Å². The number of nitrogens with zero attached hydrogens (tertiary/aromatic N) is 1. The number of carbonyl (C=O) groups is 2. The highest BCUT2D eigenvalue weighted by atomic mass is 32.2. The van der Waals surface area contributed by atoms with Crippen LogP contribution in [0.1, 0.15) is 13.8 Å². The van der Waals surface area contributed by atoms with Crippen LogP contribution in [0.4, 0.5) is 0 Å². The van der Waals surface area contributed by atoms with Crippen LogP contribution < -0.4 is 0 Å². The number of sulfonamides is 1. The topological polar surface area (TPSA) is 101 Å². The van der Waals surface area contributed by atoms with Gasteiger partial charge in [0.15, 0.2) is 6.73 Å². The van der Waals surface area contributed by atoms with E-state index in [0.717, 1.165) is 0 Å². The molecule has 7 nitrogen and oxygen atoms in total. The number of aliphatic carboxylic acids is 1. The highest BCUT2D eigenvalue weighted by molar-refractivity contribution is 7.89. The third-order valence-electron chi connectivity index (χ3n) is 1.55. The van der Waals surface area contributed by atoms with Gasteiger partial charge in [0, 0.05) is 0 Å². The molecule has 8 heteroatoms. The molecule has 88 valence electrons. The van der Waals surface area contributed by atoms with Crippen molar-refractivity contribution in [3.05, 3.63) is 0 Å². The zero-order chi connectivity index (χ0) is 12.1. The van der Waals surface area contributed by atoms with Crippen LogP contribution in [0.3, 0.4) is 0 Å². The average Bonchev–Trinajstić information content (AvgIpc) is 2.11. The second-order valence-corrected chi connectivity index (χ2v) is 5.48. The van der Waals surface area contributed by atoms with E-state index in [0.29, 0.717) is 4.31 Å². The minimum atomic E-state index is -3.74. The molecule has 0 bridgehead atoms. The van der Waals surface area contributed by atoms with Crippen LogP contribution >= 0.6 is 0 Å². The van der Waals surface area contributed by atoms with Crippen molar-refractivity contribution >= 4 is 22.5 Å². The van der Waals surface area contributed by atoms with Gasteiger partial charge in [-0.1, -0.05) is 0 Å². The maximum absolute atomic E-state index is 11.5. The Labute approximate surface area is 87.7 Å². The van der Waals surface area contributed by atoms with E-state index in [1.54, 1.807) is 0 Å². The molecule has 0 amide bonds.